The first kappa shape index (κ1) is 27.6. The molecule has 4 rings (SSSR count). The number of imidazole rings is 1. The van der Waals surface area contributed by atoms with Crippen molar-refractivity contribution < 1.29 is 31.8 Å². The van der Waals surface area contributed by atoms with Crippen molar-refractivity contribution in [3.8, 4) is 0 Å². The summed E-state index contributed by atoms with van der Waals surface area (Å²) < 4.78 is 68.6. The lowest BCUT2D eigenvalue weighted by Crippen LogP contribution is -2.52. The van der Waals surface area contributed by atoms with Gasteiger partial charge in [0.1, 0.15) is 23.3 Å². The highest BCUT2D eigenvalue weighted by Crippen LogP contribution is 2.36. The zero-order valence-electron chi connectivity index (χ0n) is 21.5. The van der Waals surface area contributed by atoms with Crippen LogP contribution in [0.1, 0.15) is 62.6 Å². The number of hydrogen-bond donors (Lipinski definition) is 3. The number of fused-ring (bicyclic) bond motifs is 1. The van der Waals surface area contributed by atoms with Crippen LogP contribution in [0.4, 0.5) is 22.4 Å². The number of alkyl halides is 2. The van der Waals surface area contributed by atoms with Gasteiger partial charge >= 0.3 is 12.6 Å². The molecule has 1 fully saturated rings. The Bertz CT molecular complexity index is 1210. The van der Waals surface area contributed by atoms with Crippen LogP contribution in [0.15, 0.2) is 23.3 Å². The first-order valence-corrected chi connectivity index (χ1v) is 12.1. The summed E-state index contributed by atoms with van der Waals surface area (Å²) >= 11 is 0. The maximum absolute atomic E-state index is 14.6. The van der Waals surface area contributed by atoms with Crippen LogP contribution in [0.2, 0.25) is 0 Å². The van der Waals surface area contributed by atoms with Crippen LogP contribution in [-0.2, 0) is 22.6 Å². The maximum atomic E-state index is 14.6. The van der Waals surface area contributed by atoms with Crippen molar-refractivity contribution in [3.63, 3.8) is 0 Å². The molecule has 2 aliphatic heterocycles. The van der Waals surface area contributed by atoms with Gasteiger partial charge in [-0.15, -0.1) is 0 Å². The van der Waals surface area contributed by atoms with E-state index in [0.29, 0.717) is 11.4 Å². The molecule has 0 bridgehead atoms. The zero-order valence-corrected chi connectivity index (χ0v) is 21.5. The molecule has 3 heterocycles. The average Bonchev–Trinajstić information content (AvgIpc) is 3.38. The molecule has 0 spiro atoms. The fourth-order valence-electron chi connectivity index (χ4n) is 4.77. The van der Waals surface area contributed by atoms with Crippen LogP contribution < -0.4 is 16.5 Å². The minimum atomic E-state index is -2.89. The SMILES string of the molecule is CN/N=C(\N)c1nc2c(n1C(F)F)CN(C1CO[C@H](c3cc(F)ccc3F)C(NC(=O)OC(C)(C)C)C1)C2. The molecule has 1 aromatic heterocycles. The molecule has 2 aromatic rings. The van der Waals surface area contributed by atoms with Gasteiger partial charge in [-0.3, -0.25) is 9.47 Å². The van der Waals surface area contributed by atoms with E-state index in [1.165, 1.54) is 7.05 Å². The molecular formula is C24H31F4N7O3. The summed E-state index contributed by atoms with van der Waals surface area (Å²) in [6, 6.07) is 1.88. The third kappa shape index (κ3) is 5.85. The number of hydrogen-bond acceptors (Lipinski definition) is 7. The molecule has 2 unspecified atom stereocenters. The van der Waals surface area contributed by atoms with E-state index in [2.05, 4.69) is 20.8 Å². The molecule has 1 saturated heterocycles. The van der Waals surface area contributed by atoms with Crippen LogP contribution in [0, 0.1) is 11.6 Å². The number of carbonyl (C=O) groups is 1. The van der Waals surface area contributed by atoms with E-state index in [1.807, 2.05) is 4.90 Å². The van der Waals surface area contributed by atoms with Gasteiger partial charge in [-0.2, -0.15) is 13.9 Å². The van der Waals surface area contributed by atoms with Crippen molar-refractivity contribution in [2.24, 2.45) is 10.8 Å². The van der Waals surface area contributed by atoms with Crippen LogP contribution >= 0.6 is 0 Å². The molecule has 4 N–H and O–H groups in total. The van der Waals surface area contributed by atoms with Gasteiger partial charge in [0.25, 0.3) is 0 Å². The lowest BCUT2D eigenvalue weighted by atomic mass is 9.92. The molecule has 2 aliphatic rings. The minimum Gasteiger partial charge on any atom is -0.444 e. The van der Waals surface area contributed by atoms with Crippen molar-refractivity contribution in [2.45, 2.75) is 70.6 Å². The number of alkyl carbamates (subject to hydrolysis) is 1. The van der Waals surface area contributed by atoms with E-state index < -0.39 is 42.0 Å². The average molecular weight is 542 g/mol. The number of rotatable bonds is 6. The molecule has 1 aromatic carbocycles. The molecule has 38 heavy (non-hydrogen) atoms. The number of amides is 1. The Balaban J connectivity index is 1.57. The number of aromatic nitrogens is 2. The number of carbonyl (C=O) groups excluding carboxylic acids is 1. The largest absolute Gasteiger partial charge is 0.444 e. The normalized spacial score (nSPS) is 22.4. The van der Waals surface area contributed by atoms with Gasteiger partial charge in [0.05, 0.1) is 24.0 Å². The fraction of sp³-hybridized carbons (Fsp3) is 0.542. The van der Waals surface area contributed by atoms with Crippen LogP contribution in [0.5, 0.6) is 0 Å². The van der Waals surface area contributed by atoms with E-state index in [9.17, 15) is 22.4 Å². The number of amidine groups is 1. The lowest BCUT2D eigenvalue weighted by Gasteiger charge is -2.40. The first-order valence-electron chi connectivity index (χ1n) is 12.1. The van der Waals surface area contributed by atoms with E-state index >= 15 is 0 Å². The quantitative estimate of drug-likeness (QED) is 0.223. The van der Waals surface area contributed by atoms with Crippen molar-refractivity contribution in [1.82, 2.24) is 25.2 Å². The molecular weight excluding hydrogens is 510 g/mol. The minimum absolute atomic E-state index is 0.0380. The lowest BCUT2D eigenvalue weighted by molar-refractivity contribution is -0.0634. The third-order valence-corrected chi connectivity index (χ3v) is 6.30. The van der Waals surface area contributed by atoms with Crippen molar-refractivity contribution in [3.05, 3.63) is 52.6 Å². The fourth-order valence-corrected chi connectivity index (χ4v) is 4.77. The summed E-state index contributed by atoms with van der Waals surface area (Å²) in [7, 11) is 1.49. The molecule has 3 atom stereocenters. The van der Waals surface area contributed by atoms with Crippen molar-refractivity contribution in [2.75, 3.05) is 13.7 Å². The summed E-state index contributed by atoms with van der Waals surface area (Å²) in [6.07, 6.45) is -1.47. The second kappa shape index (κ2) is 10.8. The van der Waals surface area contributed by atoms with Gasteiger partial charge in [-0.25, -0.2) is 18.6 Å². The Morgan fingerprint density at radius 2 is 2.03 bits per heavy atom. The number of hydrazone groups is 1. The van der Waals surface area contributed by atoms with Crippen LogP contribution in [0.3, 0.4) is 0 Å². The Morgan fingerprint density at radius 3 is 2.68 bits per heavy atom. The smallest absolute Gasteiger partial charge is 0.407 e. The summed E-state index contributed by atoms with van der Waals surface area (Å²) in [5.41, 5.74) is 8.16. The highest BCUT2D eigenvalue weighted by molar-refractivity contribution is 5.94. The topological polar surface area (TPSA) is 119 Å². The second-order valence-electron chi connectivity index (χ2n) is 10.2. The number of benzene rings is 1. The number of nitrogens with two attached hydrogens (primary N) is 1. The van der Waals surface area contributed by atoms with E-state index in [4.69, 9.17) is 15.2 Å². The van der Waals surface area contributed by atoms with Crippen LogP contribution in [-0.4, -0.2) is 57.7 Å². The summed E-state index contributed by atoms with van der Waals surface area (Å²) in [5.74, 6) is -1.63. The molecule has 14 heteroatoms. The number of ether oxygens (including phenoxy) is 2. The summed E-state index contributed by atoms with van der Waals surface area (Å²) in [6.45, 7) is 2.63. The van der Waals surface area contributed by atoms with Gasteiger partial charge < -0.3 is 25.9 Å². The number of nitrogens with one attached hydrogen (secondary N) is 2. The molecule has 0 aliphatic carbocycles. The van der Waals surface area contributed by atoms with Gasteiger partial charge in [0, 0.05) is 31.7 Å². The first-order chi connectivity index (χ1) is 17.9. The van der Waals surface area contributed by atoms with Gasteiger partial charge in [-0.05, 0) is 45.4 Å². The van der Waals surface area contributed by atoms with Gasteiger partial charge in [-0.1, -0.05) is 0 Å². The summed E-state index contributed by atoms with van der Waals surface area (Å²) in [4.78, 5) is 18.8. The molecule has 208 valence electrons. The Kier molecular flexibility index (Phi) is 7.83. The zero-order chi connectivity index (χ0) is 27.8. The maximum Gasteiger partial charge on any atom is 0.407 e. The third-order valence-electron chi connectivity index (χ3n) is 6.30. The molecule has 0 saturated carbocycles. The number of nitrogens with zero attached hydrogens (tertiary/aromatic N) is 4. The second-order valence-corrected chi connectivity index (χ2v) is 10.2. The monoisotopic (exact) mass is 541 g/mol. The molecule has 0 radical (unpaired) electrons. The Morgan fingerprint density at radius 1 is 1.29 bits per heavy atom. The van der Waals surface area contributed by atoms with E-state index in [0.717, 1.165) is 22.8 Å². The molecule has 1 amide bonds. The van der Waals surface area contributed by atoms with Crippen molar-refractivity contribution >= 4 is 11.9 Å². The Hall–Kier alpha value is -3.39. The Labute approximate surface area is 217 Å². The van der Waals surface area contributed by atoms with E-state index in [-0.39, 0.29) is 49.4 Å². The van der Waals surface area contributed by atoms with Gasteiger partial charge in [0.2, 0.25) is 0 Å². The van der Waals surface area contributed by atoms with Crippen LogP contribution in [0.25, 0.3) is 0 Å². The van der Waals surface area contributed by atoms with Gasteiger partial charge in [0.15, 0.2) is 11.7 Å². The van der Waals surface area contributed by atoms with Crippen molar-refractivity contribution in [1.29, 1.82) is 0 Å². The molecule has 10 nitrogen and oxygen atoms in total. The standard InChI is InChI=1S/C24H31F4N7O3/c1-24(2,3)38-23(36)32-16-8-13(11-37-19(16)14-7-12(25)5-6-15(14)26)34-9-17-18(10-34)35(22(27)28)21(31-17)20(29)33-30-4/h5-7,13,16,19,22,30H,8-11H2,1-4H3,(H2,29,33)(H,32,36)/t13?,16?,19-/m1/s1. The highest BCUT2D eigenvalue weighted by Gasteiger charge is 2.41. The predicted molar refractivity (Wildman–Crippen MR) is 129 cm³/mol. The number of halogens is 4. The van der Waals surface area contributed by atoms with E-state index in [1.54, 1.807) is 20.8 Å². The highest BCUT2D eigenvalue weighted by atomic mass is 19.3. The summed E-state index contributed by atoms with van der Waals surface area (Å²) in [5, 5.41) is 6.48. The predicted octanol–water partition coefficient (Wildman–Crippen LogP) is 3.14.